The summed E-state index contributed by atoms with van der Waals surface area (Å²) in [7, 11) is -3.58. The van der Waals surface area contributed by atoms with E-state index in [1.54, 1.807) is 18.7 Å². The van der Waals surface area contributed by atoms with Crippen molar-refractivity contribution in [2.45, 2.75) is 52.0 Å². The van der Waals surface area contributed by atoms with Crippen molar-refractivity contribution in [3.8, 4) is 0 Å². The van der Waals surface area contributed by atoms with Gasteiger partial charge in [-0.2, -0.15) is 0 Å². The molecule has 0 spiro atoms. The van der Waals surface area contributed by atoms with E-state index in [4.69, 9.17) is 19.9 Å². The molecule has 2 unspecified atom stereocenters. The lowest BCUT2D eigenvalue weighted by Gasteiger charge is -2.28. The van der Waals surface area contributed by atoms with Gasteiger partial charge < -0.3 is 24.8 Å². The average molecular weight is 489 g/mol. The van der Waals surface area contributed by atoms with Gasteiger partial charge in [-0.25, -0.2) is 15.2 Å². The molecule has 14 nitrogen and oxygen atoms in total. The van der Waals surface area contributed by atoms with Crippen LogP contribution in [0.15, 0.2) is 9.98 Å². The summed E-state index contributed by atoms with van der Waals surface area (Å²) in [6, 6.07) is -2.51. The van der Waals surface area contributed by atoms with Crippen LogP contribution in [0.1, 0.15) is 27.7 Å². The van der Waals surface area contributed by atoms with Crippen molar-refractivity contribution in [1.82, 2.24) is 20.4 Å². The molecule has 0 aliphatic carbocycles. The molecule has 0 aromatic heterocycles. The van der Waals surface area contributed by atoms with Gasteiger partial charge in [-0.1, -0.05) is 0 Å². The van der Waals surface area contributed by atoms with E-state index < -0.39 is 43.7 Å². The molecule has 1 amide bonds. The molecule has 4 atom stereocenters. The fraction of sp³-hybridized carbons (Fsp3) is 0.722. The largest absolute Gasteiger partial charge is 0.465 e. The number of hydrogen-bond donors (Lipinski definition) is 4. The summed E-state index contributed by atoms with van der Waals surface area (Å²) in [5.74, 6) is -1.51. The first-order valence-electron chi connectivity index (χ1n) is 10.6. The quantitative estimate of drug-likeness (QED) is 0.137. The van der Waals surface area contributed by atoms with Gasteiger partial charge in [-0.05, 0) is 27.7 Å². The molecule has 0 bridgehead atoms. The Kier molecular flexibility index (Phi) is 9.77. The smallest absolute Gasteiger partial charge is 0.323 e. The number of nitrogens with zero attached hydrogens (tertiary/aromatic N) is 3. The summed E-state index contributed by atoms with van der Waals surface area (Å²) in [5.41, 5.74) is 5.62. The second-order valence-electron chi connectivity index (χ2n) is 7.35. The Morgan fingerprint density at radius 3 is 2.33 bits per heavy atom. The monoisotopic (exact) mass is 489 g/mol. The van der Waals surface area contributed by atoms with Crippen molar-refractivity contribution < 1.29 is 33.2 Å². The number of rotatable bonds is 13. The van der Waals surface area contributed by atoms with Crippen LogP contribution in [0.5, 0.6) is 0 Å². The van der Waals surface area contributed by atoms with Gasteiger partial charge in [0.1, 0.15) is 18.4 Å². The Morgan fingerprint density at radius 1 is 1.21 bits per heavy atom. The highest BCUT2D eigenvalue weighted by atomic mass is 31.2. The van der Waals surface area contributed by atoms with Crippen LogP contribution in [-0.4, -0.2) is 92.0 Å². The second kappa shape index (κ2) is 12.1. The Bertz CT molecular complexity index is 807. The van der Waals surface area contributed by atoms with Crippen LogP contribution in [0.25, 0.3) is 0 Å². The Hall–Kier alpha value is -2.54. The summed E-state index contributed by atoms with van der Waals surface area (Å²) in [4.78, 5) is 45.9. The van der Waals surface area contributed by atoms with E-state index in [1.807, 2.05) is 0 Å². The number of aliphatic imine (C=N–C) groups is 2. The summed E-state index contributed by atoms with van der Waals surface area (Å²) in [5, 5.41) is 7.81. The van der Waals surface area contributed by atoms with Crippen molar-refractivity contribution in [3.63, 3.8) is 0 Å². The molecule has 2 aliphatic rings. The number of carbonyl (C=O) groups is 3. The molecule has 2 aliphatic heterocycles. The zero-order valence-electron chi connectivity index (χ0n) is 19.1. The van der Waals surface area contributed by atoms with Gasteiger partial charge in [0.15, 0.2) is 18.2 Å². The van der Waals surface area contributed by atoms with E-state index in [2.05, 4.69) is 25.5 Å². The van der Waals surface area contributed by atoms with E-state index >= 15 is 0 Å². The van der Waals surface area contributed by atoms with Crippen molar-refractivity contribution in [2.75, 3.05) is 32.7 Å². The number of ether oxygens (including phenoxy) is 3. The standard InChI is InChI=1S/C18H32N7O7P/c1-5-31-16(27)11(3)23-33(29,24-12(4)17(28)32-6-2)10-30-8-7-25-9-20-13-14(25)21-18(19)22-15(13)26/h9,11-14H,5-8,10H2,1-4H3,(H2,23,24,29)(H3,19,21,22,26)/t11-,12-,13?,14?/m0/s1. The predicted octanol–water partition coefficient (Wildman–Crippen LogP) is -1.28. The average Bonchev–Trinajstić information content (AvgIpc) is 3.14. The summed E-state index contributed by atoms with van der Waals surface area (Å²) >= 11 is 0. The van der Waals surface area contributed by atoms with Crippen molar-refractivity contribution >= 4 is 37.6 Å². The zero-order chi connectivity index (χ0) is 24.6. The lowest BCUT2D eigenvalue weighted by molar-refractivity contribution is -0.145. The number of hydrogen-bond acceptors (Lipinski definition) is 11. The Balaban J connectivity index is 1.96. The van der Waals surface area contributed by atoms with Gasteiger partial charge in [0, 0.05) is 6.54 Å². The molecule has 0 radical (unpaired) electrons. The maximum Gasteiger partial charge on any atom is 0.323 e. The number of amides is 1. The van der Waals surface area contributed by atoms with Gasteiger partial charge in [0.2, 0.25) is 7.44 Å². The molecule has 0 saturated carbocycles. The van der Waals surface area contributed by atoms with E-state index in [1.165, 1.54) is 20.2 Å². The molecule has 33 heavy (non-hydrogen) atoms. The van der Waals surface area contributed by atoms with Gasteiger partial charge in [0.05, 0.1) is 26.2 Å². The van der Waals surface area contributed by atoms with E-state index in [0.29, 0.717) is 0 Å². The molecule has 186 valence electrons. The minimum Gasteiger partial charge on any atom is -0.465 e. The number of nitrogens with two attached hydrogens (primary N) is 1. The van der Waals surface area contributed by atoms with E-state index in [-0.39, 0.29) is 44.6 Å². The third kappa shape index (κ3) is 7.49. The summed E-state index contributed by atoms with van der Waals surface area (Å²) in [6.07, 6.45) is 0.589. The van der Waals surface area contributed by atoms with Crippen molar-refractivity contribution in [3.05, 3.63) is 0 Å². The molecule has 0 saturated heterocycles. The fourth-order valence-corrected chi connectivity index (χ4v) is 5.21. The number of guanidine groups is 1. The first-order valence-corrected chi connectivity index (χ1v) is 12.5. The van der Waals surface area contributed by atoms with Gasteiger partial charge in [-0.3, -0.25) is 29.3 Å². The SMILES string of the molecule is CCOC(=O)[C@H](C)NP(=O)(COCCN1C=NC2C(=O)NC(N)=NC21)N[C@@H](C)C(=O)OCC. The van der Waals surface area contributed by atoms with Gasteiger partial charge in [0.25, 0.3) is 5.91 Å². The number of nitrogens with one attached hydrogen (secondary N) is 3. The molecule has 0 fully saturated rings. The van der Waals surface area contributed by atoms with Crippen LogP contribution in [0.3, 0.4) is 0 Å². The third-order valence-electron chi connectivity index (χ3n) is 4.64. The first-order chi connectivity index (χ1) is 15.6. The molecule has 5 N–H and O–H groups in total. The van der Waals surface area contributed by atoms with E-state index in [0.717, 1.165) is 0 Å². The maximum atomic E-state index is 13.5. The zero-order valence-corrected chi connectivity index (χ0v) is 20.0. The molecular weight excluding hydrogens is 457 g/mol. The minimum absolute atomic E-state index is 0.0106. The van der Waals surface area contributed by atoms with E-state index in [9.17, 15) is 18.9 Å². The minimum atomic E-state index is -3.58. The summed E-state index contributed by atoms with van der Waals surface area (Å²) < 4.78 is 29.0. The first kappa shape index (κ1) is 26.7. The molecule has 0 aromatic carbocycles. The fourth-order valence-electron chi connectivity index (χ4n) is 3.14. The van der Waals surface area contributed by atoms with Crippen molar-refractivity contribution in [2.24, 2.45) is 15.7 Å². The van der Waals surface area contributed by atoms with Crippen LogP contribution in [0.2, 0.25) is 0 Å². The van der Waals surface area contributed by atoms with Gasteiger partial charge >= 0.3 is 11.9 Å². The van der Waals surface area contributed by atoms with Crippen LogP contribution in [0.4, 0.5) is 0 Å². The topological polar surface area (TPSA) is 186 Å². The Morgan fingerprint density at radius 2 is 1.79 bits per heavy atom. The highest BCUT2D eigenvalue weighted by molar-refractivity contribution is 7.59. The normalized spacial score (nSPS) is 21.6. The highest BCUT2D eigenvalue weighted by Crippen LogP contribution is 2.37. The molecule has 15 heteroatoms. The third-order valence-corrected chi connectivity index (χ3v) is 6.80. The van der Waals surface area contributed by atoms with Crippen LogP contribution in [-0.2, 0) is 33.2 Å². The summed E-state index contributed by atoms with van der Waals surface area (Å²) in [6.45, 7) is 7.04. The lowest BCUT2D eigenvalue weighted by atomic mass is 10.2. The molecule has 2 rings (SSSR count). The number of carbonyl (C=O) groups excluding carboxylic acids is 3. The Labute approximate surface area is 192 Å². The highest BCUT2D eigenvalue weighted by Gasteiger charge is 2.39. The van der Waals surface area contributed by atoms with Gasteiger partial charge in [-0.15, -0.1) is 0 Å². The lowest BCUT2D eigenvalue weighted by Crippen LogP contribution is -2.54. The molecular formula is C18H32N7O7P. The van der Waals surface area contributed by atoms with Crippen LogP contribution < -0.4 is 21.2 Å². The number of fused-ring (bicyclic) bond motifs is 1. The second-order valence-corrected chi connectivity index (χ2v) is 9.60. The number of esters is 2. The van der Waals surface area contributed by atoms with Crippen LogP contribution in [0, 0.1) is 0 Å². The molecule has 2 heterocycles. The molecule has 0 aromatic rings. The van der Waals surface area contributed by atoms with Crippen molar-refractivity contribution in [1.29, 1.82) is 0 Å². The van der Waals surface area contributed by atoms with Crippen LogP contribution >= 0.6 is 7.44 Å². The maximum absolute atomic E-state index is 13.5. The predicted molar refractivity (Wildman–Crippen MR) is 119 cm³/mol.